The van der Waals surface area contributed by atoms with Crippen LogP contribution in [0.1, 0.15) is 109 Å². The van der Waals surface area contributed by atoms with Crippen LogP contribution in [0.5, 0.6) is 11.5 Å². The Morgan fingerprint density at radius 3 is 2.14 bits per heavy atom. The zero-order valence-corrected chi connectivity index (χ0v) is 18.7. The van der Waals surface area contributed by atoms with Crippen molar-refractivity contribution in [2.75, 3.05) is 6.61 Å². The molecule has 1 aromatic carbocycles. The third kappa shape index (κ3) is 7.16. The number of hydrogen-bond donors (Lipinski definition) is 3. The van der Waals surface area contributed by atoms with E-state index in [0.717, 1.165) is 43.2 Å². The van der Waals surface area contributed by atoms with E-state index in [1.807, 2.05) is 18.2 Å². The number of allylic oxidation sites excluding steroid dienone is 1. The number of benzene rings is 1. The summed E-state index contributed by atoms with van der Waals surface area (Å²) in [7, 11) is 0. The van der Waals surface area contributed by atoms with Crippen LogP contribution >= 0.6 is 0 Å². The summed E-state index contributed by atoms with van der Waals surface area (Å²) in [5, 5.41) is 30.6. The van der Waals surface area contributed by atoms with E-state index in [9.17, 15) is 15.3 Å². The number of phenols is 2. The molecule has 0 aromatic heterocycles. The average molecular weight is 391 g/mol. The van der Waals surface area contributed by atoms with Crippen LogP contribution in [0.25, 0.3) is 0 Å². The molecular formula is C25H42O3. The lowest BCUT2D eigenvalue weighted by Crippen LogP contribution is -2.17. The molecule has 1 unspecified atom stereocenters. The molecule has 1 aliphatic carbocycles. The molecule has 1 aliphatic rings. The van der Waals surface area contributed by atoms with Crippen LogP contribution in [0.2, 0.25) is 0 Å². The van der Waals surface area contributed by atoms with Crippen molar-refractivity contribution in [2.24, 2.45) is 0 Å². The van der Waals surface area contributed by atoms with Gasteiger partial charge in [-0.3, -0.25) is 0 Å². The van der Waals surface area contributed by atoms with Crippen LogP contribution in [-0.2, 0) is 5.41 Å². The summed E-state index contributed by atoms with van der Waals surface area (Å²) in [6, 6.07) is 3.66. The molecule has 0 saturated carbocycles. The second-order valence-electron chi connectivity index (χ2n) is 8.81. The van der Waals surface area contributed by atoms with Gasteiger partial charge in [-0.05, 0) is 54.4 Å². The molecule has 0 heterocycles. The average Bonchev–Trinajstić information content (AvgIpc) is 2.65. The minimum absolute atomic E-state index is 0.0161. The van der Waals surface area contributed by atoms with Gasteiger partial charge in [0.25, 0.3) is 0 Å². The topological polar surface area (TPSA) is 60.7 Å². The maximum Gasteiger partial charge on any atom is 0.123 e. The Hall–Kier alpha value is -1.48. The molecule has 3 nitrogen and oxygen atoms in total. The molecule has 0 aliphatic heterocycles. The van der Waals surface area contributed by atoms with E-state index in [0.29, 0.717) is 5.56 Å². The summed E-state index contributed by atoms with van der Waals surface area (Å²) in [5.41, 5.74) is 2.52. The highest BCUT2D eigenvalue weighted by molar-refractivity contribution is 5.52. The minimum Gasteiger partial charge on any atom is -0.507 e. The number of aliphatic hydroxyl groups is 1. The second-order valence-corrected chi connectivity index (χ2v) is 8.81. The highest BCUT2D eigenvalue weighted by atomic mass is 16.3. The van der Waals surface area contributed by atoms with Gasteiger partial charge in [0.05, 0.1) is 6.61 Å². The summed E-state index contributed by atoms with van der Waals surface area (Å²) in [6.45, 7) is 10.9. The van der Waals surface area contributed by atoms with E-state index < -0.39 is 0 Å². The molecule has 160 valence electrons. The zero-order valence-electron chi connectivity index (χ0n) is 18.7. The Morgan fingerprint density at radius 1 is 1.00 bits per heavy atom. The Kier molecular flexibility index (Phi) is 10.7. The van der Waals surface area contributed by atoms with Crippen LogP contribution in [0.15, 0.2) is 23.8 Å². The molecule has 3 N–H and O–H groups in total. The first-order chi connectivity index (χ1) is 13.3. The number of rotatable bonds is 8. The van der Waals surface area contributed by atoms with E-state index in [1.165, 1.54) is 25.7 Å². The second kappa shape index (κ2) is 12.2. The molecule has 1 aromatic rings. The fourth-order valence-electron chi connectivity index (χ4n) is 3.89. The van der Waals surface area contributed by atoms with Crippen LogP contribution in [0.4, 0.5) is 0 Å². The first-order valence-electron chi connectivity index (χ1n) is 11.2. The van der Waals surface area contributed by atoms with Gasteiger partial charge in [-0.15, -0.1) is 0 Å². The first-order valence-corrected chi connectivity index (χ1v) is 11.2. The summed E-state index contributed by atoms with van der Waals surface area (Å²) in [4.78, 5) is 0. The van der Waals surface area contributed by atoms with Gasteiger partial charge in [0.1, 0.15) is 11.5 Å². The highest BCUT2D eigenvalue weighted by Gasteiger charge is 2.26. The molecular weight excluding hydrogens is 348 g/mol. The quantitative estimate of drug-likeness (QED) is 0.332. The Labute approximate surface area is 172 Å². The minimum atomic E-state index is -0.0695. The molecule has 28 heavy (non-hydrogen) atoms. The van der Waals surface area contributed by atoms with Gasteiger partial charge in [-0.25, -0.2) is 0 Å². The molecule has 0 saturated heterocycles. The summed E-state index contributed by atoms with van der Waals surface area (Å²) in [6.07, 6.45) is 11.9. The molecule has 0 radical (unpaired) electrons. The molecule has 0 fully saturated rings. The third-order valence-electron chi connectivity index (χ3n) is 5.60. The molecule has 3 heteroatoms. The number of aliphatic hydroxyl groups excluding tert-OH is 1. The van der Waals surface area contributed by atoms with Crippen LogP contribution in [-0.4, -0.2) is 21.9 Å². The number of phenolic OH excluding ortho intramolecular Hbond substituents is 2. The Morgan fingerprint density at radius 2 is 1.61 bits per heavy atom. The Bertz CT molecular complexity index is 593. The number of hydrogen-bond acceptors (Lipinski definition) is 3. The maximum absolute atomic E-state index is 10.6. The van der Waals surface area contributed by atoms with E-state index in [-0.39, 0.29) is 29.4 Å². The van der Waals surface area contributed by atoms with Crippen molar-refractivity contribution in [3.63, 3.8) is 0 Å². The monoisotopic (exact) mass is 390 g/mol. The molecule has 1 atom stereocenters. The SMILES string of the molecule is CCC.CCCCCCC(C)(C)c1cc(O)c(C2C=C(CO)CCC2)c(O)c1. The first kappa shape index (κ1) is 24.6. The molecule has 0 bridgehead atoms. The predicted molar refractivity (Wildman–Crippen MR) is 119 cm³/mol. The van der Waals surface area contributed by atoms with Gasteiger partial charge >= 0.3 is 0 Å². The maximum atomic E-state index is 10.6. The molecule has 0 spiro atoms. The van der Waals surface area contributed by atoms with Crippen molar-refractivity contribution in [2.45, 2.75) is 104 Å². The zero-order chi connectivity index (χ0) is 21.2. The van der Waals surface area contributed by atoms with E-state index >= 15 is 0 Å². The van der Waals surface area contributed by atoms with Crippen LogP contribution < -0.4 is 0 Å². The smallest absolute Gasteiger partial charge is 0.123 e. The van der Waals surface area contributed by atoms with Crippen LogP contribution in [0, 0.1) is 0 Å². The standard InChI is InChI=1S/C22H34O3.C3H8/c1-4-5-6-7-11-22(2,3)18-13-19(24)21(20(25)14-18)17-10-8-9-16(12-17)15-23;1-3-2/h12-14,17,23-25H,4-11,15H2,1-3H3;3H2,1-2H3. The van der Waals surface area contributed by atoms with Crippen molar-refractivity contribution in [1.29, 1.82) is 0 Å². The van der Waals surface area contributed by atoms with Crippen molar-refractivity contribution in [3.05, 3.63) is 34.9 Å². The van der Waals surface area contributed by atoms with Gasteiger partial charge in [0.15, 0.2) is 0 Å². The summed E-state index contributed by atoms with van der Waals surface area (Å²) in [5.74, 6) is 0.340. The van der Waals surface area contributed by atoms with Crippen molar-refractivity contribution < 1.29 is 15.3 Å². The van der Waals surface area contributed by atoms with Gasteiger partial charge < -0.3 is 15.3 Å². The third-order valence-corrected chi connectivity index (χ3v) is 5.60. The fourth-order valence-corrected chi connectivity index (χ4v) is 3.89. The highest BCUT2D eigenvalue weighted by Crippen LogP contribution is 2.44. The summed E-state index contributed by atoms with van der Waals surface area (Å²) < 4.78 is 0. The summed E-state index contributed by atoms with van der Waals surface area (Å²) >= 11 is 0. The molecule has 0 amide bonds. The van der Waals surface area contributed by atoms with Crippen LogP contribution in [0.3, 0.4) is 0 Å². The largest absolute Gasteiger partial charge is 0.507 e. The fraction of sp³-hybridized carbons (Fsp3) is 0.680. The van der Waals surface area contributed by atoms with E-state index in [4.69, 9.17) is 0 Å². The predicted octanol–water partition coefficient (Wildman–Crippen LogP) is 6.95. The Balaban J connectivity index is 0.00000122. The van der Waals surface area contributed by atoms with Gasteiger partial charge in [0, 0.05) is 11.5 Å². The number of aromatic hydroxyl groups is 2. The van der Waals surface area contributed by atoms with Gasteiger partial charge in [-0.2, -0.15) is 0 Å². The van der Waals surface area contributed by atoms with Crippen molar-refractivity contribution in [1.82, 2.24) is 0 Å². The number of unbranched alkanes of at least 4 members (excludes halogenated alkanes) is 3. The van der Waals surface area contributed by atoms with E-state index in [2.05, 4.69) is 34.6 Å². The normalized spacial score (nSPS) is 16.9. The van der Waals surface area contributed by atoms with Crippen molar-refractivity contribution >= 4 is 0 Å². The van der Waals surface area contributed by atoms with Gasteiger partial charge in [0.2, 0.25) is 0 Å². The lowest BCUT2D eigenvalue weighted by molar-refractivity contribution is 0.320. The lowest BCUT2D eigenvalue weighted by Gasteiger charge is -2.28. The van der Waals surface area contributed by atoms with E-state index in [1.54, 1.807) is 0 Å². The lowest BCUT2D eigenvalue weighted by atomic mass is 9.78. The van der Waals surface area contributed by atoms with Gasteiger partial charge in [-0.1, -0.05) is 72.8 Å². The molecule has 2 rings (SSSR count). The van der Waals surface area contributed by atoms with Crippen molar-refractivity contribution in [3.8, 4) is 11.5 Å².